The molecule has 0 aromatic carbocycles. The Hall–Kier alpha value is -1.75. The summed E-state index contributed by atoms with van der Waals surface area (Å²) >= 11 is 0. The van der Waals surface area contributed by atoms with E-state index in [1.54, 1.807) is 31.1 Å². The second-order valence-electron chi connectivity index (χ2n) is 3.85. The average Bonchev–Trinajstić information content (AvgIpc) is 2.78. The van der Waals surface area contributed by atoms with Crippen molar-refractivity contribution < 1.29 is 5.11 Å². The van der Waals surface area contributed by atoms with Crippen molar-refractivity contribution in [3.8, 4) is 0 Å². The maximum Gasteiger partial charge on any atom is 0.139 e. The van der Waals surface area contributed by atoms with Crippen LogP contribution >= 0.6 is 0 Å². The second kappa shape index (κ2) is 4.40. The van der Waals surface area contributed by atoms with Gasteiger partial charge in [-0.15, -0.1) is 0 Å². The van der Waals surface area contributed by atoms with Crippen molar-refractivity contribution in [2.45, 2.75) is 26.0 Å². The first kappa shape index (κ1) is 10.8. The molecule has 84 valence electrons. The number of aromatic nitrogens is 4. The van der Waals surface area contributed by atoms with E-state index in [1.807, 2.05) is 18.4 Å². The van der Waals surface area contributed by atoms with Gasteiger partial charge in [0.1, 0.15) is 6.10 Å². The molecule has 0 saturated heterocycles. The number of aliphatic hydroxyl groups is 1. The van der Waals surface area contributed by atoms with Crippen molar-refractivity contribution in [3.63, 3.8) is 0 Å². The third-order valence-electron chi connectivity index (χ3n) is 2.40. The maximum absolute atomic E-state index is 10.1. The minimum absolute atomic E-state index is 0.254. The van der Waals surface area contributed by atoms with Crippen LogP contribution in [-0.2, 0) is 0 Å². The highest BCUT2D eigenvalue weighted by molar-refractivity contribution is 5.16. The van der Waals surface area contributed by atoms with Gasteiger partial charge in [-0.1, -0.05) is 0 Å². The molecular formula is C11H14N4O. The lowest BCUT2D eigenvalue weighted by atomic mass is 10.2. The Morgan fingerprint density at radius 2 is 2.00 bits per heavy atom. The Labute approximate surface area is 93.8 Å². The van der Waals surface area contributed by atoms with E-state index in [2.05, 4.69) is 15.0 Å². The summed E-state index contributed by atoms with van der Waals surface area (Å²) in [5, 5.41) is 10.1. The van der Waals surface area contributed by atoms with Crippen LogP contribution in [-0.4, -0.2) is 24.6 Å². The summed E-state index contributed by atoms with van der Waals surface area (Å²) in [6.45, 7) is 4.07. The number of aliphatic hydroxyl groups excluding tert-OH is 1. The van der Waals surface area contributed by atoms with Gasteiger partial charge >= 0.3 is 0 Å². The van der Waals surface area contributed by atoms with E-state index in [4.69, 9.17) is 0 Å². The van der Waals surface area contributed by atoms with E-state index >= 15 is 0 Å². The predicted octanol–water partition coefficient (Wildman–Crippen LogP) is 1.34. The van der Waals surface area contributed by atoms with Gasteiger partial charge in [-0.3, -0.25) is 9.97 Å². The fraction of sp³-hybridized carbons (Fsp3) is 0.364. The molecule has 0 aliphatic heterocycles. The standard InChI is InChI=1S/C11H14N4O/c1-8(2)15-7-13-6-10(15)11(16)9-5-12-3-4-14-9/h3-8,11,16H,1-2H3. The van der Waals surface area contributed by atoms with Crippen LogP contribution in [0.3, 0.4) is 0 Å². The highest BCUT2D eigenvalue weighted by Gasteiger charge is 2.17. The molecule has 0 saturated carbocycles. The SMILES string of the molecule is CC(C)n1cncc1C(O)c1cnccn1. The zero-order valence-electron chi connectivity index (χ0n) is 9.28. The first-order valence-electron chi connectivity index (χ1n) is 5.16. The molecule has 0 aliphatic rings. The fourth-order valence-electron chi connectivity index (χ4n) is 1.56. The minimum Gasteiger partial charge on any atom is -0.380 e. The molecule has 2 aromatic rings. The summed E-state index contributed by atoms with van der Waals surface area (Å²) in [5.74, 6) is 0. The first-order valence-corrected chi connectivity index (χ1v) is 5.16. The predicted molar refractivity (Wildman–Crippen MR) is 58.7 cm³/mol. The third kappa shape index (κ3) is 1.94. The molecular weight excluding hydrogens is 204 g/mol. The highest BCUT2D eigenvalue weighted by Crippen LogP contribution is 2.21. The van der Waals surface area contributed by atoms with Gasteiger partial charge < -0.3 is 9.67 Å². The van der Waals surface area contributed by atoms with Crippen LogP contribution in [0.15, 0.2) is 31.1 Å². The topological polar surface area (TPSA) is 63.8 Å². The highest BCUT2D eigenvalue weighted by atomic mass is 16.3. The van der Waals surface area contributed by atoms with E-state index in [0.29, 0.717) is 5.69 Å². The first-order chi connectivity index (χ1) is 7.70. The molecule has 0 fully saturated rings. The Kier molecular flexibility index (Phi) is 2.96. The van der Waals surface area contributed by atoms with Crippen LogP contribution in [0.1, 0.15) is 37.4 Å². The van der Waals surface area contributed by atoms with Gasteiger partial charge in [0, 0.05) is 18.4 Å². The van der Waals surface area contributed by atoms with Crippen LogP contribution in [0.5, 0.6) is 0 Å². The largest absolute Gasteiger partial charge is 0.380 e. The lowest BCUT2D eigenvalue weighted by Gasteiger charge is -2.15. The van der Waals surface area contributed by atoms with Crippen molar-refractivity contribution in [2.75, 3.05) is 0 Å². The summed E-state index contributed by atoms with van der Waals surface area (Å²) in [4.78, 5) is 12.1. The van der Waals surface area contributed by atoms with Crippen molar-refractivity contribution in [3.05, 3.63) is 42.5 Å². The quantitative estimate of drug-likeness (QED) is 0.844. The Balaban J connectivity index is 2.34. The summed E-state index contributed by atoms with van der Waals surface area (Å²) in [6.07, 6.45) is 7.28. The zero-order valence-corrected chi connectivity index (χ0v) is 9.28. The van der Waals surface area contributed by atoms with E-state index in [-0.39, 0.29) is 6.04 Å². The van der Waals surface area contributed by atoms with Gasteiger partial charge in [-0.25, -0.2) is 4.98 Å². The molecule has 0 aliphatic carbocycles. The number of imidazole rings is 1. The smallest absolute Gasteiger partial charge is 0.139 e. The van der Waals surface area contributed by atoms with Crippen molar-refractivity contribution in [1.29, 1.82) is 0 Å². The van der Waals surface area contributed by atoms with Crippen LogP contribution < -0.4 is 0 Å². The molecule has 0 spiro atoms. The monoisotopic (exact) mass is 218 g/mol. The van der Waals surface area contributed by atoms with Gasteiger partial charge in [0.05, 0.1) is 30.1 Å². The lowest BCUT2D eigenvalue weighted by Crippen LogP contribution is -2.11. The van der Waals surface area contributed by atoms with Crippen molar-refractivity contribution in [1.82, 2.24) is 19.5 Å². The van der Waals surface area contributed by atoms with Crippen LogP contribution in [0.25, 0.3) is 0 Å². The molecule has 1 N–H and O–H groups in total. The molecule has 5 nitrogen and oxygen atoms in total. The minimum atomic E-state index is -0.779. The van der Waals surface area contributed by atoms with E-state index < -0.39 is 6.10 Å². The van der Waals surface area contributed by atoms with Crippen molar-refractivity contribution >= 4 is 0 Å². The van der Waals surface area contributed by atoms with Gasteiger partial charge in [-0.05, 0) is 13.8 Å². The van der Waals surface area contributed by atoms with Gasteiger partial charge in [0.15, 0.2) is 0 Å². The maximum atomic E-state index is 10.1. The molecule has 0 amide bonds. The van der Waals surface area contributed by atoms with Gasteiger partial charge in [0.2, 0.25) is 0 Å². The molecule has 1 atom stereocenters. The number of hydrogen-bond acceptors (Lipinski definition) is 4. The Morgan fingerprint density at radius 1 is 1.19 bits per heavy atom. The molecule has 2 heterocycles. The van der Waals surface area contributed by atoms with Gasteiger partial charge in [0.25, 0.3) is 0 Å². The number of rotatable bonds is 3. The lowest BCUT2D eigenvalue weighted by molar-refractivity contribution is 0.202. The molecule has 2 aromatic heterocycles. The summed E-state index contributed by atoms with van der Waals surface area (Å²) < 4.78 is 1.92. The average molecular weight is 218 g/mol. The number of hydrogen-bond donors (Lipinski definition) is 1. The van der Waals surface area contributed by atoms with Gasteiger partial charge in [-0.2, -0.15) is 0 Å². The van der Waals surface area contributed by atoms with Crippen molar-refractivity contribution in [2.24, 2.45) is 0 Å². The Bertz CT molecular complexity index is 452. The third-order valence-corrected chi connectivity index (χ3v) is 2.40. The molecule has 0 radical (unpaired) electrons. The molecule has 16 heavy (non-hydrogen) atoms. The molecule has 5 heteroatoms. The van der Waals surface area contributed by atoms with E-state index in [9.17, 15) is 5.11 Å². The molecule has 1 unspecified atom stereocenters. The molecule has 0 bridgehead atoms. The van der Waals surface area contributed by atoms with E-state index in [1.165, 1.54) is 0 Å². The van der Waals surface area contributed by atoms with E-state index in [0.717, 1.165) is 5.69 Å². The second-order valence-corrected chi connectivity index (χ2v) is 3.85. The summed E-state index contributed by atoms with van der Waals surface area (Å²) in [6, 6.07) is 0.254. The van der Waals surface area contributed by atoms with Crippen LogP contribution in [0, 0.1) is 0 Å². The number of nitrogens with zero attached hydrogens (tertiary/aromatic N) is 4. The summed E-state index contributed by atoms with van der Waals surface area (Å²) in [7, 11) is 0. The molecule has 2 rings (SSSR count). The zero-order chi connectivity index (χ0) is 11.5. The fourth-order valence-corrected chi connectivity index (χ4v) is 1.56. The van der Waals surface area contributed by atoms with Crippen LogP contribution in [0.4, 0.5) is 0 Å². The summed E-state index contributed by atoms with van der Waals surface area (Å²) in [5.41, 5.74) is 1.26. The Morgan fingerprint density at radius 3 is 2.62 bits per heavy atom. The van der Waals surface area contributed by atoms with Crippen LogP contribution in [0.2, 0.25) is 0 Å². The normalized spacial score (nSPS) is 13.0.